The quantitative estimate of drug-likeness (QED) is 0.897. The van der Waals surface area contributed by atoms with E-state index in [-0.39, 0.29) is 0 Å². The Morgan fingerprint density at radius 1 is 1.41 bits per heavy atom. The van der Waals surface area contributed by atoms with Crippen molar-refractivity contribution in [1.82, 2.24) is 4.98 Å². The second-order valence-corrected chi connectivity index (χ2v) is 5.92. The van der Waals surface area contributed by atoms with Gasteiger partial charge in [-0.1, -0.05) is 29.8 Å². The number of anilines is 1. The van der Waals surface area contributed by atoms with Gasteiger partial charge < -0.3 is 5.73 Å². The smallest absolute Gasteiger partial charge is 0.180 e. The highest BCUT2D eigenvalue weighted by Crippen LogP contribution is 2.43. The molecule has 3 heteroatoms. The number of aromatic nitrogens is 1. The molecule has 1 aliphatic carbocycles. The number of nitrogens with zero attached hydrogens (tertiary/aromatic N) is 1. The second-order valence-electron chi connectivity index (χ2n) is 4.80. The first-order valence-corrected chi connectivity index (χ1v) is 6.84. The van der Waals surface area contributed by atoms with Gasteiger partial charge in [-0.25, -0.2) is 4.98 Å². The molecule has 3 rings (SSSR count). The largest absolute Gasteiger partial charge is 0.375 e. The first-order valence-electron chi connectivity index (χ1n) is 6.03. The Balaban J connectivity index is 1.89. The van der Waals surface area contributed by atoms with Gasteiger partial charge in [0.1, 0.15) is 0 Å². The van der Waals surface area contributed by atoms with Crippen molar-refractivity contribution in [3.8, 4) is 0 Å². The Morgan fingerprint density at radius 2 is 2.24 bits per heavy atom. The molecule has 2 aromatic rings. The van der Waals surface area contributed by atoms with Gasteiger partial charge >= 0.3 is 0 Å². The third kappa shape index (κ3) is 2.34. The van der Waals surface area contributed by atoms with E-state index in [4.69, 9.17) is 5.73 Å². The van der Waals surface area contributed by atoms with Gasteiger partial charge in [-0.05, 0) is 25.3 Å². The topological polar surface area (TPSA) is 38.9 Å². The van der Waals surface area contributed by atoms with Crippen LogP contribution in [0.2, 0.25) is 0 Å². The number of aryl methyl sites for hydroxylation is 1. The normalized spacial score (nSPS) is 15.1. The number of nitrogens with two attached hydrogens (primary N) is 1. The minimum absolute atomic E-state index is 0.684. The Labute approximate surface area is 106 Å². The van der Waals surface area contributed by atoms with Crippen LogP contribution in [0.4, 0.5) is 5.13 Å². The van der Waals surface area contributed by atoms with Crippen LogP contribution in [0.3, 0.4) is 0 Å². The molecule has 1 heterocycles. The molecule has 2 nitrogen and oxygen atoms in total. The van der Waals surface area contributed by atoms with Crippen molar-refractivity contribution < 1.29 is 0 Å². The number of hydrogen-bond donors (Lipinski definition) is 1. The predicted molar refractivity (Wildman–Crippen MR) is 72.5 cm³/mol. The van der Waals surface area contributed by atoms with Gasteiger partial charge in [-0.2, -0.15) is 0 Å². The Bertz CT molecular complexity index is 541. The zero-order chi connectivity index (χ0) is 11.8. The van der Waals surface area contributed by atoms with Gasteiger partial charge in [0.05, 0.1) is 5.69 Å². The number of thiazole rings is 1. The van der Waals surface area contributed by atoms with Crippen LogP contribution in [0, 0.1) is 6.92 Å². The molecule has 17 heavy (non-hydrogen) atoms. The van der Waals surface area contributed by atoms with E-state index in [2.05, 4.69) is 36.2 Å². The van der Waals surface area contributed by atoms with Crippen molar-refractivity contribution in [2.24, 2.45) is 0 Å². The molecule has 0 radical (unpaired) electrons. The molecule has 0 unspecified atom stereocenters. The average molecular weight is 244 g/mol. The van der Waals surface area contributed by atoms with Crippen LogP contribution < -0.4 is 5.73 Å². The van der Waals surface area contributed by atoms with E-state index >= 15 is 0 Å². The summed E-state index contributed by atoms with van der Waals surface area (Å²) in [6.45, 7) is 2.13. The lowest BCUT2D eigenvalue weighted by Crippen LogP contribution is -1.91. The molecule has 1 aromatic heterocycles. The first-order chi connectivity index (χ1) is 8.22. The number of benzene rings is 1. The minimum atomic E-state index is 0.684. The maximum absolute atomic E-state index is 5.84. The van der Waals surface area contributed by atoms with Crippen molar-refractivity contribution in [3.63, 3.8) is 0 Å². The highest BCUT2D eigenvalue weighted by Gasteiger charge is 2.29. The Kier molecular flexibility index (Phi) is 2.63. The summed E-state index contributed by atoms with van der Waals surface area (Å²) in [5.41, 5.74) is 9.76. The Hall–Kier alpha value is -1.35. The molecule has 0 aliphatic heterocycles. The number of nitrogen functional groups attached to an aromatic ring is 1. The third-order valence-electron chi connectivity index (χ3n) is 3.16. The molecule has 1 aromatic carbocycles. The zero-order valence-corrected chi connectivity index (χ0v) is 10.8. The molecule has 1 fully saturated rings. The fraction of sp³-hybridized carbons (Fsp3) is 0.357. The predicted octanol–water partition coefficient (Wildman–Crippen LogP) is 3.50. The van der Waals surface area contributed by atoms with Crippen LogP contribution in [0.25, 0.3) is 0 Å². The van der Waals surface area contributed by atoms with E-state index in [1.165, 1.54) is 34.5 Å². The summed E-state index contributed by atoms with van der Waals surface area (Å²) in [7, 11) is 0. The molecule has 1 aliphatic rings. The monoisotopic (exact) mass is 244 g/mol. The van der Waals surface area contributed by atoms with Gasteiger partial charge in [0.2, 0.25) is 0 Å². The van der Waals surface area contributed by atoms with E-state index in [1.54, 1.807) is 11.3 Å². The van der Waals surface area contributed by atoms with Crippen LogP contribution in [-0.2, 0) is 6.42 Å². The van der Waals surface area contributed by atoms with Crippen molar-refractivity contribution in [2.45, 2.75) is 32.1 Å². The average Bonchev–Trinajstić information content (AvgIpc) is 3.04. The molecular formula is C14H16N2S. The summed E-state index contributed by atoms with van der Waals surface area (Å²) in [5, 5.41) is 0.717. The lowest BCUT2D eigenvalue weighted by atomic mass is 10.1. The maximum Gasteiger partial charge on any atom is 0.180 e. The van der Waals surface area contributed by atoms with E-state index in [9.17, 15) is 0 Å². The van der Waals surface area contributed by atoms with Crippen molar-refractivity contribution in [3.05, 3.63) is 46.0 Å². The lowest BCUT2D eigenvalue weighted by Gasteiger charge is -2.02. The van der Waals surface area contributed by atoms with Gasteiger partial charge in [0.15, 0.2) is 5.13 Å². The van der Waals surface area contributed by atoms with Crippen LogP contribution >= 0.6 is 11.3 Å². The van der Waals surface area contributed by atoms with Gasteiger partial charge in [-0.3, -0.25) is 0 Å². The zero-order valence-electron chi connectivity index (χ0n) is 9.94. The number of rotatable bonds is 3. The number of hydrogen-bond acceptors (Lipinski definition) is 3. The van der Waals surface area contributed by atoms with E-state index in [0.29, 0.717) is 5.92 Å². The molecule has 0 bridgehead atoms. The van der Waals surface area contributed by atoms with Crippen LogP contribution in [0.15, 0.2) is 24.3 Å². The highest BCUT2D eigenvalue weighted by molar-refractivity contribution is 7.15. The van der Waals surface area contributed by atoms with Crippen LogP contribution in [0.5, 0.6) is 0 Å². The van der Waals surface area contributed by atoms with Crippen LogP contribution in [0.1, 0.15) is 40.5 Å². The highest BCUT2D eigenvalue weighted by atomic mass is 32.1. The molecule has 0 saturated heterocycles. The van der Waals surface area contributed by atoms with Gasteiger partial charge in [0.25, 0.3) is 0 Å². The SMILES string of the molecule is Cc1cccc(Cc2sc(N)nc2C2CC2)c1. The molecular weight excluding hydrogens is 228 g/mol. The standard InChI is InChI=1S/C14H16N2S/c1-9-3-2-4-10(7-9)8-12-13(11-5-6-11)16-14(15)17-12/h2-4,7,11H,5-6,8H2,1H3,(H2,15,16). The van der Waals surface area contributed by atoms with Crippen molar-refractivity contribution >= 4 is 16.5 Å². The molecule has 0 spiro atoms. The van der Waals surface area contributed by atoms with E-state index < -0.39 is 0 Å². The maximum atomic E-state index is 5.84. The second kappa shape index (κ2) is 4.15. The molecule has 0 atom stereocenters. The molecule has 1 saturated carbocycles. The van der Waals surface area contributed by atoms with Gasteiger partial charge in [0, 0.05) is 17.2 Å². The summed E-state index contributed by atoms with van der Waals surface area (Å²) in [6.07, 6.45) is 3.54. The summed E-state index contributed by atoms with van der Waals surface area (Å²) < 4.78 is 0. The summed E-state index contributed by atoms with van der Waals surface area (Å²) in [5.74, 6) is 0.684. The first kappa shape index (κ1) is 10.8. The lowest BCUT2D eigenvalue weighted by molar-refractivity contribution is 1.01. The molecule has 88 valence electrons. The Morgan fingerprint density at radius 3 is 2.94 bits per heavy atom. The van der Waals surface area contributed by atoms with Crippen LogP contribution in [-0.4, -0.2) is 4.98 Å². The van der Waals surface area contributed by atoms with Gasteiger partial charge in [-0.15, -0.1) is 11.3 Å². The van der Waals surface area contributed by atoms with Crippen molar-refractivity contribution in [2.75, 3.05) is 5.73 Å². The van der Waals surface area contributed by atoms with E-state index in [1.807, 2.05) is 0 Å². The minimum Gasteiger partial charge on any atom is -0.375 e. The summed E-state index contributed by atoms with van der Waals surface area (Å²) in [4.78, 5) is 5.84. The fourth-order valence-electron chi connectivity index (χ4n) is 2.19. The summed E-state index contributed by atoms with van der Waals surface area (Å²) >= 11 is 1.65. The van der Waals surface area contributed by atoms with E-state index in [0.717, 1.165) is 11.6 Å². The molecule has 0 amide bonds. The van der Waals surface area contributed by atoms with Crippen molar-refractivity contribution in [1.29, 1.82) is 0 Å². The summed E-state index contributed by atoms with van der Waals surface area (Å²) in [6, 6.07) is 8.67. The third-order valence-corrected chi connectivity index (χ3v) is 4.06. The molecule has 2 N–H and O–H groups in total. The fourth-order valence-corrected chi connectivity index (χ4v) is 3.14.